The number of hydrogen-bond donors (Lipinski definition) is 2. The predicted octanol–water partition coefficient (Wildman–Crippen LogP) is 4.89. The molecule has 2 aromatic heterocycles. The Balaban J connectivity index is 1.50. The first kappa shape index (κ1) is 19.7. The van der Waals surface area contributed by atoms with Crippen LogP contribution < -0.4 is 4.74 Å². The maximum atomic E-state index is 12.0. The van der Waals surface area contributed by atoms with Crippen LogP contribution in [0.2, 0.25) is 0 Å². The highest BCUT2D eigenvalue weighted by atomic mass is 16.5. The summed E-state index contributed by atoms with van der Waals surface area (Å²) in [4.78, 5) is 21.8. The van der Waals surface area contributed by atoms with Crippen LogP contribution in [0, 0.1) is 0 Å². The Bertz CT molecular complexity index is 1130. The van der Waals surface area contributed by atoms with Crippen LogP contribution in [0.25, 0.3) is 22.3 Å². The van der Waals surface area contributed by atoms with E-state index in [4.69, 9.17) is 4.74 Å². The fourth-order valence-electron chi connectivity index (χ4n) is 3.39. The van der Waals surface area contributed by atoms with Crippen molar-refractivity contribution in [2.75, 3.05) is 0 Å². The van der Waals surface area contributed by atoms with Gasteiger partial charge in [0.15, 0.2) is 0 Å². The summed E-state index contributed by atoms with van der Waals surface area (Å²) in [7, 11) is 0. The van der Waals surface area contributed by atoms with Crippen molar-refractivity contribution in [2.24, 2.45) is 0 Å². The number of H-pyrrole nitrogens is 2. The maximum Gasteiger partial charge on any atom is 0.220 e. The maximum absolute atomic E-state index is 12.0. The molecule has 0 radical (unpaired) electrons. The Kier molecular flexibility index (Phi) is 5.52. The molecule has 0 aliphatic carbocycles. The van der Waals surface area contributed by atoms with E-state index in [0.717, 1.165) is 40.3 Å². The van der Waals surface area contributed by atoms with Crippen LogP contribution >= 0.6 is 0 Å². The first-order chi connectivity index (χ1) is 14.5. The Hall–Kier alpha value is -3.61. The summed E-state index contributed by atoms with van der Waals surface area (Å²) in [6.07, 6.45) is 2.63. The fourth-order valence-corrected chi connectivity index (χ4v) is 3.39. The molecule has 2 heterocycles. The fraction of sp³-hybridized carbons (Fsp3) is 0.261. The topological polar surface area (TPSA) is 86.9 Å². The highest BCUT2D eigenvalue weighted by Gasteiger charge is 2.17. The zero-order valence-corrected chi connectivity index (χ0v) is 17.3. The second kappa shape index (κ2) is 8.41. The van der Waals surface area contributed by atoms with E-state index < -0.39 is 0 Å². The molecule has 1 atom stereocenters. The number of aromatic nitrogens is 4. The molecule has 0 aliphatic rings. The van der Waals surface area contributed by atoms with Crippen LogP contribution in [0.4, 0.5) is 0 Å². The molecule has 0 aliphatic heterocycles. The van der Waals surface area contributed by atoms with Gasteiger partial charge in [0.1, 0.15) is 17.3 Å². The van der Waals surface area contributed by atoms with Crippen molar-refractivity contribution in [1.82, 2.24) is 25.1 Å². The molecule has 7 heteroatoms. The Morgan fingerprint density at radius 2 is 1.90 bits per heavy atom. The third-order valence-corrected chi connectivity index (χ3v) is 5.25. The summed E-state index contributed by atoms with van der Waals surface area (Å²) in [6, 6.07) is 15.7. The number of carbonyl (C=O) groups excluding carboxylic acids is 1. The van der Waals surface area contributed by atoms with Crippen LogP contribution in [-0.2, 0) is 11.3 Å². The zero-order valence-electron chi connectivity index (χ0n) is 17.3. The van der Waals surface area contributed by atoms with Gasteiger partial charge in [0.05, 0.1) is 23.3 Å². The van der Waals surface area contributed by atoms with E-state index in [2.05, 4.69) is 27.1 Å². The number of aromatic amines is 2. The van der Waals surface area contributed by atoms with Gasteiger partial charge in [-0.2, -0.15) is 5.10 Å². The van der Waals surface area contributed by atoms with E-state index in [1.54, 1.807) is 13.1 Å². The lowest BCUT2D eigenvalue weighted by Gasteiger charge is -2.26. The first-order valence-electron chi connectivity index (χ1n) is 10.1. The Morgan fingerprint density at radius 3 is 2.57 bits per heavy atom. The highest BCUT2D eigenvalue weighted by molar-refractivity contribution is 5.77. The second-order valence-corrected chi connectivity index (χ2v) is 7.36. The lowest BCUT2D eigenvalue weighted by atomic mass is 10.1. The number of nitrogens with zero attached hydrogens (tertiary/aromatic N) is 3. The number of amides is 1. The number of carbonyl (C=O) groups is 1. The SMILES string of the molecule is CC[C@H](C)N(Cc1nc2cc(Oc3ccc(-c4ccn[nH]4)cc3)ccc2[nH]1)C(C)=O. The summed E-state index contributed by atoms with van der Waals surface area (Å²) in [5, 5.41) is 6.92. The molecule has 0 fully saturated rings. The van der Waals surface area contributed by atoms with Gasteiger partial charge in [-0.3, -0.25) is 9.89 Å². The minimum atomic E-state index is 0.0485. The molecule has 4 rings (SSSR count). The zero-order chi connectivity index (χ0) is 21.1. The van der Waals surface area contributed by atoms with Crippen LogP contribution in [-0.4, -0.2) is 37.0 Å². The standard InChI is InChI=1S/C23H25N5O2/c1-4-15(2)28(16(3)29)14-23-25-21-10-9-19(13-22(21)26-23)30-18-7-5-17(6-8-18)20-11-12-24-27-20/h5-13,15H,4,14H2,1-3H3,(H,24,27)(H,25,26)/t15-/m0/s1. The van der Waals surface area contributed by atoms with Crippen molar-refractivity contribution < 1.29 is 9.53 Å². The number of rotatable bonds is 7. The van der Waals surface area contributed by atoms with Crippen molar-refractivity contribution in [3.05, 3.63) is 60.6 Å². The minimum Gasteiger partial charge on any atom is -0.457 e. The van der Waals surface area contributed by atoms with Crippen LogP contribution in [0.1, 0.15) is 33.0 Å². The van der Waals surface area contributed by atoms with Crippen molar-refractivity contribution >= 4 is 16.9 Å². The van der Waals surface area contributed by atoms with Gasteiger partial charge in [-0.25, -0.2) is 4.98 Å². The Morgan fingerprint density at radius 1 is 1.13 bits per heavy atom. The van der Waals surface area contributed by atoms with E-state index >= 15 is 0 Å². The highest BCUT2D eigenvalue weighted by Crippen LogP contribution is 2.27. The molecular formula is C23H25N5O2. The monoisotopic (exact) mass is 403 g/mol. The molecule has 0 unspecified atom stereocenters. The summed E-state index contributed by atoms with van der Waals surface area (Å²) in [5.41, 5.74) is 3.73. The smallest absolute Gasteiger partial charge is 0.220 e. The molecule has 0 saturated heterocycles. The first-order valence-corrected chi connectivity index (χ1v) is 10.1. The van der Waals surface area contributed by atoms with Gasteiger partial charge < -0.3 is 14.6 Å². The summed E-state index contributed by atoms with van der Waals surface area (Å²) >= 11 is 0. The number of hydrogen-bond acceptors (Lipinski definition) is 4. The summed E-state index contributed by atoms with van der Waals surface area (Å²) < 4.78 is 6.00. The van der Waals surface area contributed by atoms with Crippen LogP contribution in [0.15, 0.2) is 54.7 Å². The molecule has 7 nitrogen and oxygen atoms in total. The third kappa shape index (κ3) is 4.20. The molecule has 0 saturated carbocycles. The lowest BCUT2D eigenvalue weighted by Crippen LogP contribution is -2.36. The molecule has 154 valence electrons. The summed E-state index contributed by atoms with van der Waals surface area (Å²) in [6.45, 7) is 6.18. The van der Waals surface area contributed by atoms with Crippen LogP contribution in [0.5, 0.6) is 11.5 Å². The molecule has 30 heavy (non-hydrogen) atoms. The van der Waals surface area contributed by atoms with Crippen molar-refractivity contribution in [1.29, 1.82) is 0 Å². The van der Waals surface area contributed by atoms with Gasteiger partial charge in [-0.15, -0.1) is 0 Å². The molecule has 0 bridgehead atoms. The van der Waals surface area contributed by atoms with E-state index in [1.807, 2.05) is 60.4 Å². The number of nitrogens with one attached hydrogen (secondary N) is 2. The van der Waals surface area contributed by atoms with E-state index in [9.17, 15) is 4.79 Å². The van der Waals surface area contributed by atoms with Gasteiger partial charge >= 0.3 is 0 Å². The van der Waals surface area contributed by atoms with Gasteiger partial charge in [-0.1, -0.05) is 6.92 Å². The molecule has 4 aromatic rings. The van der Waals surface area contributed by atoms with E-state index in [0.29, 0.717) is 12.3 Å². The van der Waals surface area contributed by atoms with Crippen molar-refractivity contribution in [3.8, 4) is 22.8 Å². The van der Waals surface area contributed by atoms with E-state index in [-0.39, 0.29) is 11.9 Å². The average Bonchev–Trinajstić information content (AvgIpc) is 3.41. The van der Waals surface area contributed by atoms with Gasteiger partial charge in [0.25, 0.3) is 0 Å². The number of benzene rings is 2. The molecule has 1 amide bonds. The van der Waals surface area contributed by atoms with Crippen molar-refractivity contribution in [2.45, 2.75) is 39.8 Å². The second-order valence-electron chi connectivity index (χ2n) is 7.36. The van der Waals surface area contributed by atoms with Gasteiger partial charge in [-0.05, 0) is 61.4 Å². The largest absolute Gasteiger partial charge is 0.457 e. The molecule has 2 aromatic carbocycles. The third-order valence-electron chi connectivity index (χ3n) is 5.25. The summed E-state index contributed by atoms with van der Waals surface area (Å²) in [5.74, 6) is 2.27. The predicted molar refractivity (Wildman–Crippen MR) is 116 cm³/mol. The molecular weight excluding hydrogens is 378 g/mol. The Labute approximate surface area is 175 Å². The quantitative estimate of drug-likeness (QED) is 0.460. The normalized spacial score (nSPS) is 12.1. The number of fused-ring (bicyclic) bond motifs is 1. The van der Waals surface area contributed by atoms with Gasteiger partial charge in [0.2, 0.25) is 5.91 Å². The van der Waals surface area contributed by atoms with Gasteiger partial charge in [0, 0.05) is 25.2 Å². The van der Waals surface area contributed by atoms with E-state index in [1.165, 1.54) is 0 Å². The minimum absolute atomic E-state index is 0.0485. The lowest BCUT2D eigenvalue weighted by molar-refractivity contribution is -0.131. The number of imidazole rings is 1. The van der Waals surface area contributed by atoms with Crippen LogP contribution in [0.3, 0.4) is 0 Å². The molecule has 0 spiro atoms. The van der Waals surface area contributed by atoms with Crippen molar-refractivity contribution in [3.63, 3.8) is 0 Å². The molecule has 2 N–H and O–H groups in total. The average molecular weight is 403 g/mol. The number of ether oxygens (including phenoxy) is 1.